The Morgan fingerprint density at radius 3 is 2.40 bits per heavy atom. The Labute approximate surface area is 180 Å². The zero-order chi connectivity index (χ0) is 20.7. The maximum Gasteiger partial charge on any atom is 0.264 e. The van der Waals surface area contributed by atoms with Crippen molar-refractivity contribution in [2.24, 2.45) is 5.92 Å². The molecule has 0 bridgehead atoms. The fraction of sp³-hybridized carbons (Fsp3) is 0.333. The molecule has 5 rings (SSSR count). The number of nitrogens with one attached hydrogen (secondary N) is 4. The molecule has 9 heteroatoms. The Morgan fingerprint density at radius 2 is 1.73 bits per heavy atom. The number of hydrogen-bond donors (Lipinski definition) is 4. The lowest BCUT2D eigenvalue weighted by Crippen LogP contribution is -2.33. The van der Waals surface area contributed by atoms with E-state index in [-0.39, 0.29) is 6.17 Å². The van der Waals surface area contributed by atoms with Crippen LogP contribution in [0.3, 0.4) is 0 Å². The maximum absolute atomic E-state index is 13.7. The van der Waals surface area contributed by atoms with Crippen LogP contribution < -0.4 is 26.2 Å². The summed E-state index contributed by atoms with van der Waals surface area (Å²) in [6.07, 6.45) is 3.19. The summed E-state index contributed by atoms with van der Waals surface area (Å²) < 4.78 is 30.2. The molecule has 1 aliphatic heterocycles. The average Bonchev–Trinajstić information content (AvgIpc) is 3.30. The minimum atomic E-state index is -3.66. The quantitative estimate of drug-likeness (QED) is 0.448. The third kappa shape index (κ3) is 3.73. The summed E-state index contributed by atoms with van der Waals surface area (Å²) in [6, 6.07) is 15.2. The molecular formula is C21H25N5O2S2. The van der Waals surface area contributed by atoms with Crippen molar-refractivity contribution in [3.63, 3.8) is 0 Å². The highest BCUT2D eigenvalue weighted by Gasteiger charge is 2.31. The largest absolute Gasteiger partial charge is 0.264 e. The average molecular weight is 444 g/mol. The second kappa shape index (κ2) is 7.92. The van der Waals surface area contributed by atoms with E-state index in [1.807, 2.05) is 31.2 Å². The fourth-order valence-corrected chi connectivity index (χ4v) is 6.80. The summed E-state index contributed by atoms with van der Waals surface area (Å²) in [5, 5.41) is 1.95. The molecule has 2 aliphatic rings. The summed E-state index contributed by atoms with van der Waals surface area (Å²) in [5.74, 6) is 0.652. The number of aryl methyl sites for hydroxylation is 1. The van der Waals surface area contributed by atoms with Crippen LogP contribution in [-0.4, -0.2) is 15.0 Å². The SMILES string of the molecule is Cc1c(N(CCC2CC2)S(=O)(=O)c2ccc(C3NNNN3)cc2)sc2ccccc12. The number of fused-ring (bicyclic) bond motifs is 1. The Hall–Kier alpha value is -2.01. The van der Waals surface area contributed by atoms with E-state index in [1.54, 1.807) is 27.8 Å². The van der Waals surface area contributed by atoms with Crippen molar-refractivity contribution >= 4 is 36.4 Å². The van der Waals surface area contributed by atoms with Crippen LogP contribution >= 0.6 is 11.3 Å². The van der Waals surface area contributed by atoms with Gasteiger partial charge < -0.3 is 0 Å². The zero-order valence-corrected chi connectivity index (χ0v) is 18.3. The highest BCUT2D eigenvalue weighted by atomic mass is 32.2. The van der Waals surface area contributed by atoms with Crippen molar-refractivity contribution in [3.8, 4) is 0 Å². The molecule has 2 fully saturated rings. The number of nitrogens with zero attached hydrogens (tertiary/aromatic N) is 1. The lowest BCUT2D eigenvalue weighted by molar-refractivity contribution is 0.554. The van der Waals surface area contributed by atoms with Gasteiger partial charge >= 0.3 is 0 Å². The molecule has 0 atom stereocenters. The predicted molar refractivity (Wildman–Crippen MR) is 120 cm³/mol. The van der Waals surface area contributed by atoms with Crippen molar-refractivity contribution in [1.82, 2.24) is 21.9 Å². The highest BCUT2D eigenvalue weighted by Crippen LogP contribution is 2.41. The lowest BCUT2D eigenvalue weighted by Gasteiger charge is -2.24. The van der Waals surface area contributed by atoms with E-state index in [2.05, 4.69) is 34.1 Å². The van der Waals surface area contributed by atoms with Gasteiger partial charge in [0.1, 0.15) is 11.2 Å². The van der Waals surface area contributed by atoms with Crippen LogP contribution in [-0.2, 0) is 10.0 Å². The van der Waals surface area contributed by atoms with Gasteiger partial charge in [0.15, 0.2) is 0 Å². The van der Waals surface area contributed by atoms with Crippen LogP contribution in [0.15, 0.2) is 53.4 Å². The monoisotopic (exact) mass is 443 g/mol. The van der Waals surface area contributed by atoms with Crippen LogP contribution in [0.2, 0.25) is 0 Å². The molecule has 0 radical (unpaired) electrons. The second-order valence-corrected chi connectivity index (χ2v) is 10.8. The van der Waals surface area contributed by atoms with E-state index < -0.39 is 10.0 Å². The van der Waals surface area contributed by atoms with Gasteiger partial charge in [0, 0.05) is 11.2 Å². The number of benzene rings is 2. The molecule has 1 saturated heterocycles. The summed E-state index contributed by atoms with van der Waals surface area (Å²) in [6.45, 7) is 2.54. The topological polar surface area (TPSA) is 85.5 Å². The van der Waals surface area contributed by atoms with E-state index in [9.17, 15) is 8.42 Å². The number of thiophene rings is 1. The Morgan fingerprint density at radius 1 is 1.03 bits per heavy atom. The normalized spacial score (nSPS) is 17.6. The molecule has 2 aromatic carbocycles. The standard InChI is InChI=1S/C21H25N5O2S2/c1-14-18-4-2-3-5-19(18)29-21(14)26(13-12-15-6-7-15)30(27,28)17-10-8-16(9-11-17)20-22-24-25-23-20/h2-5,8-11,15,20,22-25H,6-7,12-13H2,1H3. The number of hydrazine groups is 3. The number of hydrogen-bond acceptors (Lipinski definition) is 7. The van der Waals surface area contributed by atoms with Crippen LogP contribution in [0.4, 0.5) is 5.00 Å². The van der Waals surface area contributed by atoms with Crippen molar-refractivity contribution in [2.75, 3.05) is 10.8 Å². The van der Waals surface area contributed by atoms with Gasteiger partial charge in [-0.15, -0.1) is 11.3 Å². The molecule has 2 heterocycles. The second-order valence-electron chi connectivity index (χ2n) is 7.88. The number of rotatable bonds is 7. The van der Waals surface area contributed by atoms with Gasteiger partial charge in [-0.25, -0.2) is 19.3 Å². The summed E-state index contributed by atoms with van der Waals surface area (Å²) in [4.78, 5) is 0.317. The van der Waals surface area contributed by atoms with Gasteiger partial charge in [-0.05, 0) is 54.0 Å². The van der Waals surface area contributed by atoms with Gasteiger partial charge in [-0.3, -0.25) is 4.31 Å². The minimum Gasteiger partial charge on any atom is -0.257 e. The number of anilines is 1. The molecule has 158 valence electrons. The first-order valence-corrected chi connectivity index (χ1v) is 12.4. The molecule has 1 aromatic heterocycles. The Kier molecular flexibility index (Phi) is 5.26. The molecule has 0 spiro atoms. The number of sulfonamides is 1. The van der Waals surface area contributed by atoms with E-state index in [0.717, 1.165) is 32.6 Å². The molecule has 4 N–H and O–H groups in total. The van der Waals surface area contributed by atoms with Crippen molar-refractivity contribution < 1.29 is 8.42 Å². The van der Waals surface area contributed by atoms with Gasteiger partial charge in [0.2, 0.25) is 0 Å². The molecule has 30 heavy (non-hydrogen) atoms. The van der Waals surface area contributed by atoms with E-state index >= 15 is 0 Å². The molecule has 0 unspecified atom stereocenters. The van der Waals surface area contributed by atoms with E-state index in [4.69, 9.17) is 0 Å². The smallest absolute Gasteiger partial charge is 0.257 e. The van der Waals surface area contributed by atoms with Crippen molar-refractivity contribution in [1.29, 1.82) is 0 Å². The molecule has 0 amide bonds. The minimum absolute atomic E-state index is 0.127. The first kappa shape index (κ1) is 19.9. The van der Waals surface area contributed by atoms with Crippen molar-refractivity contribution in [3.05, 3.63) is 59.7 Å². The van der Waals surface area contributed by atoms with Crippen LogP contribution in [0.1, 0.15) is 36.6 Å². The lowest BCUT2D eigenvalue weighted by atomic mass is 10.2. The zero-order valence-electron chi connectivity index (χ0n) is 16.7. The van der Waals surface area contributed by atoms with Gasteiger partial charge in [0.25, 0.3) is 10.0 Å². The molecule has 7 nitrogen and oxygen atoms in total. The first-order valence-electron chi connectivity index (χ1n) is 10.2. The summed E-state index contributed by atoms with van der Waals surface area (Å²) >= 11 is 1.56. The molecule has 1 aliphatic carbocycles. The Balaban J connectivity index is 1.51. The highest BCUT2D eigenvalue weighted by molar-refractivity contribution is 7.93. The van der Waals surface area contributed by atoms with Gasteiger partial charge in [0.05, 0.1) is 4.90 Å². The van der Waals surface area contributed by atoms with E-state index in [1.165, 1.54) is 12.8 Å². The van der Waals surface area contributed by atoms with Gasteiger partial charge in [-0.1, -0.05) is 43.2 Å². The third-order valence-electron chi connectivity index (χ3n) is 5.78. The van der Waals surface area contributed by atoms with E-state index in [0.29, 0.717) is 17.4 Å². The van der Waals surface area contributed by atoms with Crippen LogP contribution in [0, 0.1) is 12.8 Å². The summed E-state index contributed by atoms with van der Waals surface area (Å²) in [7, 11) is -3.66. The summed E-state index contributed by atoms with van der Waals surface area (Å²) in [5.41, 5.74) is 13.5. The first-order chi connectivity index (χ1) is 14.5. The molecule has 1 saturated carbocycles. The molecular weight excluding hydrogens is 418 g/mol. The van der Waals surface area contributed by atoms with Crippen LogP contribution in [0.5, 0.6) is 0 Å². The third-order valence-corrected chi connectivity index (χ3v) is 9.00. The Bertz CT molecular complexity index is 1150. The predicted octanol–water partition coefficient (Wildman–Crippen LogP) is 3.32. The molecule has 3 aromatic rings. The fourth-order valence-electron chi connectivity index (χ4n) is 3.82. The maximum atomic E-state index is 13.7. The van der Waals surface area contributed by atoms with Gasteiger partial charge in [-0.2, -0.15) is 11.1 Å². The van der Waals surface area contributed by atoms with Crippen molar-refractivity contribution in [2.45, 2.75) is 37.2 Å². The van der Waals surface area contributed by atoms with Crippen LogP contribution in [0.25, 0.3) is 10.1 Å².